The van der Waals surface area contributed by atoms with Crippen LogP contribution >= 0.6 is 0 Å². The van der Waals surface area contributed by atoms with E-state index in [0.717, 1.165) is 25.0 Å². The number of rotatable bonds is 36. The van der Waals surface area contributed by atoms with Gasteiger partial charge in [0.15, 0.2) is 0 Å². The van der Waals surface area contributed by atoms with E-state index in [2.05, 4.69) is 24.1 Å². The molecule has 380 valence electrons. The number of carbonyl (C=O) groups excluding carboxylic acids is 3. The van der Waals surface area contributed by atoms with Crippen LogP contribution in [-0.2, 0) is 0 Å². The van der Waals surface area contributed by atoms with Crippen LogP contribution in [0.2, 0.25) is 0 Å². The quantitative estimate of drug-likeness (QED) is 0.0168. The smallest absolute Gasteiger partial charge is 0.343 e. The maximum atomic E-state index is 13.0. The Morgan fingerprint density at radius 3 is 0.972 bits per heavy atom. The normalized spacial score (nSPS) is 11.1. The van der Waals surface area contributed by atoms with Gasteiger partial charge in [-0.15, -0.1) is 0 Å². The number of carbonyl (C=O) groups is 3. The van der Waals surface area contributed by atoms with E-state index in [9.17, 15) is 14.4 Å². The molecule has 10 heteroatoms. The Morgan fingerprint density at radius 2 is 0.606 bits per heavy atom. The first-order valence-electron chi connectivity index (χ1n) is 26.7. The second-order valence-corrected chi connectivity index (χ2v) is 18.4. The largest absolute Gasteiger partial charge is 0.494 e. The topological polar surface area (TPSA) is 122 Å². The fourth-order valence-electron chi connectivity index (χ4n) is 8.10. The first kappa shape index (κ1) is 55.6. The molecule has 0 aliphatic carbocycles. The van der Waals surface area contributed by atoms with Crippen molar-refractivity contribution >= 4 is 29.3 Å². The molecule has 5 rings (SSSR count). The Morgan fingerprint density at radius 1 is 0.324 bits per heavy atom. The number of azo groups is 1. The van der Waals surface area contributed by atoms with Crippen molar-refractivity contribution in [2.75, 3.05) is 13.2 Å². The molecule has 0 atom stereocenters. The molecular formula is C61H78N2O8. The highest BCUT2D eigenvalue weighted by molar-refractivity contribution is 5.93. The van der Waals surface area contributed by atoms with Crippen molar-refractivity contribution in [1.29, 1.82) is 0 Å². The van der Waals surface area contributed by atoms with Crippen LogP contribution in [0.4, 0.5) is 11.4 Å². The van der Waals surface area contributed by atoms with Gasteiger partial charge in [-0.2, -0.15) is 10.2 Å². The molecule has 5 aromatic carbocycles. The summed E-state index contributed by atoms with van der Waals surface area (Å²) in [5.74, 6) is 0.445. The molecule has 0 spiro atoms. The monoisotopic (exact) mass is 967 g/mol. The van der Waals surface area contributed by atoms with Crippen LogP contribution in [0.3, 0.4) is 0 Å². The maximum absolute atomic E-state index is 13.0. The van der Waals surface area contributed by atoms with Gasteiger partial charge in [-0.3, -0.25) is 0 Å². The summed E-state index contributed by atoms with van der Waals surface area (Å²) < 4.78 is 28.5. The number of hydrogen-bond acceptors (Lipinski definition) is 10. The second-order valence-electron chi connectivity index (χ2n) is 18.4. The molecule has 0 heterocycles. The highest BCUT2D eigenvalue weighted by Crippen LogP contribution is 2.26. The summed E-state index contributed by atoms with van der Waals surface area (Å²) in [5.41, 5.74) is 2.20. The van der Waals surface area contributed by atoms with Gasteiger partial charge < -0.3 is 23.7 Å². The average Bonchev–Trinajstić information content (AvgIpc) is 3.39. The van der Waals surface area contributed by atoms with Gasteiger partial charge >= 0.3 is 17.9 Å². The third-order valence-electron chi connectivity index (χ3n) is 12.4. The maximum Gasteiger partial charge on any atom is 0.343 e. The minimum absolute atomic E-state index is 0.187. The molecule has 0 radical (unpaired) electrons. The predicted octanol–water partition coefficient (Wildman–Crippen LogP) is 17.9. The number of benzene rings is 5. The lowest BCUT2D eigenvalue weighted by Gasteiger charge is -2.09. The summed E-state index contributed by atoms with van der Waals surface area (Å²) in [5, 5.41) is 8.62. The first-order valence-corrected chi connectivity index (χ1v) is 26.7. The van der Waals surface area contributed by atoms with Crippen molar-refractivity contribution in [2.45, 2.75) is 168 Å². The fraction of sp³-hybridized carbons (Fsp3) is 0.459. The highest BCUT2D eigenvalue weighted by atomic mass is 16.5. The molecule has 0 saturated heterocycles. The molecule has 0 unspecified atom stereocenters. The van der Waals surface area contributed by atoms with Gasteiger partial charge in [0, 0.05) is 6.07 Å². The van der Waals surface area contributed by atoms with Gasteiger partial charge in [0.1, 0.15) is 28.7 Å². The average molecular weight is 967 g/mol. The van der Waals surface area contributed by atoms with E-state index in [0.29, 0.717) is 41.5 Å². The fourth-order valence-corrected chi connectivity index (χ4v) is 8.10. The summed E-state index contributed by atoms with van der Waals surface area (Å²) in [4.78, 5) is 38.9. The van der Waals surface area contributed by atoms with Crippen molar-refractivity contribution in [3.05, 3.63) is 138 Å². The highest BCUT2D eigenvalue weighted by Gasteiger charge is 2.14. The van der Waals surface area contributed by atoms with Gasteiger partial charge in [-0.1, -0.05) is 161 Å². The van der Waals surface area contributed by atoms with E-state index in [1.54, 1.807) is 66.7 Å². The zero-order chi connectivity index (χ0) is 50.0. The Balaban J connectivity index is 0.942. The van der Waals surface area contributed by atoms with Crippen molar-refractivity contribution in [2.24, 2.45) is 10.2 Å². The van der Waals surface area contributed by atoms with Gasteiger partial charge in [0.2, 0.25) is 0 Å². The van der Waals surface area contributed by atoms with Crippen LogP contribution in [0.25, 0.3) is 0 Å². The lowest BCUT2D eigenvalue weighted by molar-refractivity contribution is 0.0723. The molecule has 0 N–H and O–H groups in total. The summed E-state index contributed by atoms with van der Waals surface area (Å²) in [6.07, 6.45) is 31.3. The van der Waals surface area contributed by atoms with Crippen molar-refractivity contribution < 1.29 is 38.1 Å². The van der Waals surface area contributed by atoms with E-state index in [1.165, 1.54) is 165 Å². The third-order valence-corrected chi connectivity index (χ3v) is 12.4. The molecular weight excluding hydrogens is 889 g/mol. The Hall–Kier alpha value is -6.29. The van der Waals surface area contributed by atoms with E-state index in [-0.39, 0.29) is 22.8 Å². The van der Waals surface area contributed by atoms with Crippen molar-refractivity contribution in [3.63, 3.8) is 0 Å². The number of ether oxygens (including phenoxy) is 5. The van der Waals surface area contributed by atoms with Gasteiger partial charge in [-0.25, -0.2) is 14.4 Å². The number of hydrogen-bond donors (Lipinski definition) is 0. The van der Waals surface area contributed by atoms with E-state index < -0.39 is 17.9 Å². The molecule has 0 bridgehead atoms. The van der Waals surface area contributed by atoms with Gasteiger partial charge in [0.25, 0.3) is 0 Å². The molecule has 71 heavy (non-hydrogen) atoms. The molecule has 0 aliphatic heterocycles. The minimum atomic E-state index is -0.635. The first-order chi connectivity index (χ1) is 34.9. The van der Waals surface area contributed by atoms with Crippen LogP contribution in [0, 0.1) is 0 Å². The number of nitrogens with zero attached hydrogens (tertiary/aromatic N) is 2. The summed E-state index contributed by atoms with van der Waals surface area (Å²) in [6, 6.07) is 33.4. The lowest BCUT2D eigenvalue weighted by Crippen LogP contribution is -2.11. The molecule has 0 aliphatic rings. The molecule has 5 aromatic rings. The molecule has 0 saturated carbocycles. The Kier molecular flexibility index (Phi) is 26.7. The zero-order valence-corrected chi connectivity index (χ0v) is 42.6. The second kappa shape index (κ2) is 34.1. The van der Waals surface area contributed by atoms with Gasteiger partial charge in [0.05, 0.1) is 41.3 Å². The summed E-state index contributed by atoms with van der Waals surface area (Å²) >= 11 is 0. The third kappa shape index (κ3) is 23.0. The van der Waals surface area contributed by atoms with E-state index in [1.807, 2.05) is 24.3 Å². The standard InChI is InChI=1S/C61H78N2O8/c1-3-5-7-9-11-13-15-16-17-18-20-22-23-25-46-67-54-40-32-50(33-41-54)59(64)69-56-42-34-51(35-43-56)61(66)71-58-29-27-28-57(48-58)70-60(65)49-30-36-52(37-31-49)62-63-53-38-44-55(45-39-53)68-47-26-24-21-19-14-12-10-8-6-4-2/h27-45,48H,3-26,46-47H2,1-2H3. The lowest BCUT2D eigenvalue weighted by atomic mass is 10.0. The van der Waals surface area contributed by atoms with Crippen molar-refractivity contribution in [1.82, 2.24) is 0 Å². The zero-order valence-electron chi connectivity index (χ0n) is 42.6. The van der Waals surface area contributed by atoms with Crippen LogP contribution < -0.4 is 23.7 Å². The number of esters is 3. The summed E-state index contributed by atoms with van der Waals surface area (Å²) in [6.45, 7) is 5.87. The summed E-state index contributed by atoms with van der Waals surface area (Å²) in [7, 11) is 0. The van der Waals surface area contributed by atoms with Crippen LogP contribution in [-0.4, -0.2) is 31.1 Å². The minimum Gasteiger partial charge on any atom is -0.494 e. The van der Waals surface area contributed by atoms with E-state index in [4.69, 9.17) is 23.7 Å². The van der Waals surface area contributed by atoms with Crippen LogP contribution in [0.1, 0.15) is 199 Å². The molecule has 10 nitrogen and oxygen atoms in total. The van der Waals surface area contributed by atoms with Crippen molar-refractivity contribution in [3.8, 4) is 28.7 Å². The SMILES string of the molecule is CCCCCCCCCCCCCCCCOc1ccc(C(=O)Oc2ccc(C(=O)Oc3cccc(OC(=O)c4ccc(N=Nc5ccc(OCCCCCCCCCCCC)cc5)cc4)c3)cc2)cc1. The van der Waals surface area contributed by atoms with Crippen LogP contribution in [0.5, 0.6) is 28.7 Å². The van der Waals surface area contributed by atoms with E-state index >= 15 is 0 Å². The Bertz CT molecular complexity index is 2270. The Labute approximate surface area is 423 Å². The molecule has 0 aromatic heterocycles. The van der Waals surface area contributed by atoms with Crippen LogP contribution in [0.15, 0.2) is 132 Å². The van der Waals surface area contributed by atoms with Gasteiger partial charge in [-0.05, 0) is 122 Å². The predicted molar refractivity (Wildman–Crippen MR) is 284 cm³/mol. The molecule has 0 fully saturated rings. The number of unbranched alkanes of at least 4 members (excludes halogenated alkanes) is 22. The molecule has 0 amide bonds.